The number of hydrogen-bond acceptors (Lipinski definition) is 3. The van der Waals surface area contributed by atoms with Crippen molar-refractivity contribution in [3.8, 4) is 0 Å². The van der Waals surface area contributed by atoms with Gasteiger partial charge in [-0.15, -0.1) is 0 Å². The molecule has 0 aromatic heterocycles. The van der Waals surface area contributed by atoms with Crippen molar-refractivity contribution >= 4 is 6.29 Å². The van der Waals surface area contributed by atoms with E-state index in [1.807, 2.05) is 6.92 Å². The van der Waals surface area contributed by atoms with Crippen LogP contribution in [0.4, 0.5) is 0 Å². The number of aliphatic hydroxyl groups is 1. The van der Waals surface area contributed by atoms with Crippen LogP contribution in [0, 0.1) is 0 Å². The van der Waals surface area contributed by atoms with E-state index in [4.69, 9.17) is 0 Å². The predicted molar refractivity (Wildman–Crippen MR) is 44.1 cm³/mol. The molecule has 0 saturated heterocycles. The van der Waals surface area contributed by atoms with Gasteiger partial charge in [0.25, 0.3) is 0 Å². The molecular formula is C8H16NO2. The molecule has 0 heterocycles. The first-order valence-corrected chi connectivity index (χ1v) is 3.92. The maximum atomic E-state index is 9.91. The van der Waals surface area contributed by atoms with Crippen molar-refractivity contribution in [3.63, 3.8) is 0 Å². The number of nitrogens with zero attached hydrogens (tertiary/aromatic N) is 1. The highest BCUT2D eigenvalue weighted by molar-refractivity contribution is 5.52. The van der Waals surface area contributed by atoms with Crippen molar-refractivity contribution in [2.45, 2.75) is 25.9 Å². The van der Waals surface area contributed by atoms with Crippen LogP contribution in [0.15, 0.2) is 0 Å². The van der Waals surface area contributed by atoms with Gasteiger partial charge in [-0.05, 0) is 13.5 Å². The summed E-state index contributed by atoms with van der Waals surface area (Å²) in [5.41, 5.74) is 0. The molecule has 3 nitrogen and oxygen atoms in total. The summed E-state index contributed by atoms with van der Waals surface area (Å²) < 4.78 is 0. The summed E-state index contributed by atoms with van der Waals surface area (Å²) in [6.07, 6.45) is 3.24. The average Bonchev–Trinajstić information content (AvgIpc) is 1.87. The number of likely N-dealkylation sites (N-methyl/N-ethyl adjacent to an activating group) is 1. The molecule has 0 bridgehead atoms. The molecule has 0 aliphatic carbocycles. The van der Waals surface area contributed by atoms with Gasteiger partial charge in [-0.3, -0.25) is 9.69 Å². The highest BCUT2D eigenvalue weighted by Crippen LogP contribution is 1.97. The highest BCUT2D eigenvalue weighted by Gasteiger charge is 2.05. The molecule has 11 heavy (non-hydrogen) atoms. The van der Waals surface area contributed by atoms with Crippen molar-refractivity contribution in [1.29, 1.82) is 0 Å². The van der Waals surface area contributed by atoms with E-state index in [1.54, 1.807) is 18.2 Å². The van der Waals surface area contributed by atoms with Crippen molar-refractivity contribution in [2.24, 2.45) is 0 Å². The Bertz CT molecular complexity index is 106. The minimum absolute atomic E-state index is 0.279. The molecule has 0 aromatic rings. The van der Waals surface area contributed by atoms with Crippen LogP contribution in [0.3, 0.4) is 0 Å². The molecule has 0 aromatic carbocycles. The van der Waals surface area contributed by atoms with E-state index in [2.05, 4.69) is 0 Å². The molecule has 0 rings (SSSR count). The smallest absolute Gasteiger partial charge is 0.213 e. The lowest BCUT2D eigenvalue weighted by Crippen LogP contribution is -2.30. The SMILES string of the molecule is CCCC(O)CN(C)C[C]=O. The summed E-state index contributed by atoms with van der Waals surface area (Å²) in [6, 6.07) is 0. The summed E-state index contributed by atoms with van der Waals surface area (Å²) in [4.78, 5) is 11.7. The molecule has 1 N–H and O–H groups in total. The van der Waals surface area contributed by atoms with Crippen LogP contribution in [0.1, 0.15) is 19.8 Å². The second-order valence-electron chi connectivity index (χ2n) is 2.78. The second kappa shape index (κ2) is 6.31. The fourth-order valence-corrected chi connectivity index (χ4v) is 0.959. The van der Waals surface area contributed by atoms with Gasteiger partial charge in [0.1, 0.15) is 0 Å². The molecule has 0 spiro atoms. The topological polar surface area (TPSA) is 40.5 Å². The molecule has 65 valence electrons. The fraction of sp³-hybridized carbons (Fsp3) is 0.875. The molecule has 1 radical (unpaired) electrons. The lowest BCUT2D eigenvalue weighted by atomic mass is 10.2. The Labute approximate surface area is 68.0 Å². The van der Waals surface area contributed by atoms with Gasteiger partial charge in [-0.25, -0.2) is 0 Å². The van der Waals surface area contributed by atoms with Crippen molar-refractivity contribution in [1.82, 2.24) is 4.90 Å². The van der Waals surface area contributed by atoms with Crippen LogP contribution in [0.25, 0.3) is 0 Å². The molecule has 1 atom stereocenters. The van der Waals surface area contributed by atoms with Crippen LogP contribution >= 0.6 is 0 Å². The summed E-state index contributed by atoms with van der Waals surface area (Å²) in [6.45, 7) is 2.86. The summed E-state index contributed by atoms with van der Waals surface area (Å²) in [7, 11) is 1.80. The molecule has 1 unspecified atom stereocenters. The first-order valence-electron chi connectivity index (χ1n) is 3.92. The van der Waals surface area contributed by atoms with E-state index >= 15 is 0 Å². The highest BCUT2D eigenvalue weighted by atomic mass is 16.3. The maximum absolute atomic E-state index is 9.91. The van der Waals surface area contributed by atoms with Gasteiger partial charge in [0.2, 0.25) is 6.29 Å². The Morgan fingerprint density at radius 3 is 2.73 bits per heavy atom. The van der Waals surface area contributed by atoms with Crippen LogP contribution in [0.5, 0.6) is 0 Å². The largest absolute Gasteiger partial charge is 0.392 e. The van der Waals surface area contributed by atoms with Crippen molar-refractivity contribution < 1.29 is 9.90 Å². The van der Waals surface area contributed by atoms with Crippen LogP contribution in [0.2, 0.25) is 0 Å². The first kappa shape index (κ1) is 10.6. The summed E-state index contributed by atoms with van der Waals surface area (Å²) in [5.74, 6) is 0. The number of carbonyl (C=O) groups excluding carboxylic acids is 1. The Balaban J connectivity index is 3.39. The van der Waals surface area contributed by atoms with Crippen LogP contribution in [-0.4, -0.2) is 42.5 Å². The number of aliphatic hydroxyl groups excluding tert-OH is 1. The van der Waals surface area contributed by atoms with E-state index in [-0.39, 0.29) is 12.6 Å². The molecule has 0 amide bonds. The van der Waals surface area contributed by atoms with Gasteiger partial charge in [0, 0.05) is 6.54 Å². The molecule has 0 saturated carbocycles. The minimum atomic E-state index is -0.307. The van der Waals surface area contributed by atoms with Crippen molar-refractivity contribution in [2.75, 3.05) is 20.1 Å². The lowest BCUT2D eigenvalue weighted by molar-refractivity contribution is 0.123. The lowest BCUT2D eigenvalue weighted by Gasteiger charge is -2.16. The van der Waals surface area contributed by atoms with E-state index in [0.717, 1.165) is 12.8 Å². The predicted octanol–water partition coefficient (Wildman–Crippen LogP) is 0.189. The second-order valence-corrected chi connectivity index (χ2v) is 2.78. The third-order valence-electron chi connectivity index (χ3n) is 1.48. The number of hydrogen-bond donors (Lipinski definition) is 1. The third-order valence-corrected chi connectivity index (χ3v) is 1.48. The van der Waals surface area contributed by atoms with Crippen LogP contribution < -0.4 is 0 Å². The Hall–Kier alpha value is -0.410. The first-order chi connectivity index (χ1) is 5.20. The van der Waals surface area contributed by atoms with Gasteiger partial charge < -0.3 is 5.11 Å². The van der Waals surface area contributed by atoms with E-state index in [1.165, 1.54) is 0 Å². The molecule has 3 heteroatoms. The standard InChI is InChI=1S/C8H16NO2/c1-3-4-8(11)7-9(2)5-6-10/h8,11H,3-5,7H2,1-2H3. The Morgan fingerprint density at radius 1 is 1.64 bits per heavy atom. The zero-order valence-corrected chi connectivity index (χ0v) is 7.21. The monoisotopic (exact) mass is 158 g/mol. The van der Waals surface area contributed by atoms with Gasteiger partial charge in [0.05, 0.1) is 12.6 Å². The molecule has 0 fully saturated rings. The van der Waals surface area contributed by atoms with E-state index in [9.17, 15) is 9.90 Å². The minimum Gasteiger partial charge on any atom is -0.392 e. The summed E-state index contributed by atoms with van der Waals surface area (Å²) >= 11 is 0. The van der Waals surface area contributed by atoms with Gasteiger partial charge in [-0.1, -0.05) is 13.3 Å². The zero-order chi connectivity index (χ0) is 8.69. The van der Waals surface area contributed by atoms with E-state index in [0.29, 0.717) is 6.54 Å². The number of rotatable bonds is 6. The van der Waals surface area contributed by atoms with Crippen LogP contribution in [-0.2, 0) is 4.79 Å². The maximum Gasteiger partial charge on any atom is 0.213 e. The zero-order valence-electron chi connectivity index (χ0n) is 7.21. The Morgan fingerprint density at radius 2 is 2.27 bits per heavy atom. The quantitative estimate of drug-likeness (QED) is 0.600. The summed E-state index contributed by atoms with van der Waals surface area (Å²) in [5, 5.41) is 9.27. The normalized spacial score (nSPS) is 13.5. The van der Waals surface area contributed by atoms with Crippen molar-refractivity contribution in [3.05, 3.63) is 0 Å². The third kappa shape index (κ3) is 6.01. The van der Waals surface area contributed by atoms with E-state index < -0.39 is 0 Å². The molecule has 0 aliphatic rings. The average molecular weight is 158 g/mol. The van der Waals surface area contributed by atoms with Gasteiger partial charge in [0.15, 0.2) is 0 Å². The molecule has 0 aliphatic heterocycles. The fourth-order valence-electron chi connectivity index (χ4n) is 0.959. The molecular weight excluding hydrogens is 142 g/mol. The van der Waals surface area contributed by atoms with Gasteiger partial charge >= 0.3 is 0 Å². The Kier molecular flexibility index (Phi) is 6.07. The van der Waals surface area contributed by atoms with Gasteiger partial charge in [-0.2, -0.15) is 0 Å².